The third kappa shape index (κ3) is 4.12. The van der Waals surface area contributed by atoms with Gasteiger partial charge in [-0.05, 0) is 37.1 Å². The molecule has 1 aliphatic heterocycles. The molecule has 1 N–H and O–H groups in total. The highest BCUT2D eigenvalue weighted by molar-refractivity contribution is 7.94. The van der Waals surface area contributed by atoms with E-state index in [-0.39, 0.29) is 17.3 Å². The van der Waals surface area contributed by atoms with Gasteiger partial charge in [-0.1, -0.05) is 6.92 Å². The number of rotatable bonds is 7. The summed E-state index contributed by atoms with van der Waals surface area (Å²) in [6.07, 6.45) is 1.68. The van der Waals surface area contributed by atoms with Crippen LogP contribution in [0.15, 0.2) is 24.3 Å². The molecule has 2 rings (SSSR count). The average molecular weight is 354 g/mol. The maximum absolute atomic E-state index is 12.0. The molecule has 1 aromatic carbocycles. The Balaban J connectivity index is 2.00. The number of carbonyl (C=O) groups excluding carboxylic acids is 2. The van der Waals surface area contributed by atoms with Crippen molar-refractivity contribution < 1.29 is 22.7 Å². The van der Waals surface area contributed by atoms with Crippen molar-refractivity contribution in [3.05, 3.63) is 29.8 Å². The first kappa shape index (κ1) is 18.4. The van der Waals surface area contributed by atoms with Crippen LogP contribution < -0.4 is 9.62 Å². The van der Waals surface area contributed by atoms with Gasteiger partial charge in [0, 0.05) is 25.8 Å². The third-order valence-electron chi connectivity index (χ3n) is 3.79. The molecule has 1 saturated heterocycles. The van der Waals surface area contributed by atoms with E-state index in [4.69, 9.17) is 4.74 Å². The molecular weight excluding hydrogens is 332 g/mol. The standard InChI is InChI=1S/C16H22N2O5S/c1-12-11-24(21,22)18(16(12)20)14-7-5-13(6-8-14)15(19)17-9-3-4-10-23-2/h5-8,12H,3-4,9-11H2,1-2H3,(H,17,19). The van der Waals surface area contributed by atoms with Gasteiger partial charge in [-0.25, -0.2) is 12.7 Å². The van der Waals surface area contributed by atoms with Gasteiger partial charge in [0.1, 0.15) is 0 Å². The summed E-state index contributed by atoms with van der Waals surface area (Å²) in [6.45, 7) is 2.78. The lowest BCUT2D eigenvalue weighted by atomic mass is 10.1. The van der Waals surface area contributed by atoms with Crippen LogP contribution >= 0.6 is 0 Å². The topological polar surface area (TPSA) is 92.8 Å². The highest BCUT2D eigenvalue weighted by Gasteiger charge is 2.41. The molecule has 2 amide bonds. The summed E-state index contributed by atoms with van der Waals surface area (Å²) in [5, 5.41) is 2.79. The van der Waals surface area contributed by atoms with Crippen molar-refractivity contribution in [3.63, 3.8) is 0 Å². The second kappa shape index (κ2) is 7.76. The van der Waals surface area contributed by atoms with E-state index < -0.39 is 21.8 Å². The van der Waals surface area contributed by atoms with E-state index in [1.54, 1.807) is 14.0 Å². The molecule has 1 aliphatic rings. The van der Waals surface area contributed by atoms with Gasteiger partial charge in [0.25, 0.3) is 5.91 Å². The minimum absolute atomic E-state index is 0.185. The summed E-state index contributed by atoms with van der Waals surface area (Å²) in [5.41, 5.74) is 0.684. The molecule has 0 bridgehead atoms. The van der Waals surface area contributed by atoms with Gasteiger partial charge in [-0.15, -0.1) is 0 Å². The molecule has 8 heteroatoms. The van der Waals surface area contributed by atoms with Gasteiger partial charge < -0.3 is 10.1 Å². The normalized spacial score (nSPS) is 19.5. The third-order valence-corrected chi connectivity index (χ3v) is 5.65. The zero-order valence-corrected chi connectivity index (χ0v) is 14.6. The molecule has 1 atom stereocenters. The van der Waals surface area contributed by atoms with E-state index in [2.05, 4.69) is 5.32 Å². The maximum Gasteiger partial charge on any atom is 0.251 e. The smallest absolute Gasteiger partial charge is 0.251 e. The minimum atomic E-state index is -3.62. The number of ether oxygens (including phenoxy) is 1. The van der Waals surface area contributed by atoms with Crippen LogP contribution in [0.5, 0.6) is 0 Å². The highest BCUT2D eigenvalue weighted by Crippen LogP contribution is 2.28. The van der Waals surface area contributed by atoms with Gasteiger partial charge in [0.05, 0.1) is 17.4 Å². The van der Waals surface area contributed by atoms with Gasteiger partial charge in [0.2, 0.25) is 15.9 Å². The van der Waals surface area contributed by atoms with Crippen LogP contribution in [0.4, 0.5) is 5.69 Å². The lowest BCUT2D eigenvalue weighted by Gasteiger charge is -2.15. The van der Waals surface area contributed by atoms with Crippen LogP contribution in [0.3, 0.4) is 0 Å². The summed E-state index contributed by atoms with van der Waals surface area (Å²) < 4.78 is 29.8. The summed E-state index contributed by atoms with van der Waals surface area (Å²) in [4.78, 5) is 24.0. The second-order valence-electron chi connectivity index (χ2n) is 5.78. The van der Waals surface area contributed by atoms with Gasteiger partial charge in [0.15, 0.2) is 0 Å². The fourth-order valence-electron chi connectivity index (χ4n) is 2.51. The molecule has 132 valence electrons. The number of unbranched alkanes of at least 4 members (excludes halogenated alkanes) is 1. The number of sulfonamides is 1. The number of hydrogen-bond acceptors (Lipinski definition) is 5. The first-order valence-corrected chi connectivity index (χ1v) is 9.42. The average Bonchev–Trinajstić information content (AvgIpc) is 2.75. The lowest BCUT2D eigenvalue weighted by Crippen LogP contribution is -2.30. The molecule has 0 spiro atoms. The van der Waals surface area contributed by atoms with E-state index in [1.165, 1.54) is 24.3 Å². The predicted octanol–water partition coefficient (Wildman–Crippen LogP) is 1.16. The predicted molar refractivity (Wildman–Crippen MR) is 90.3 cm³/mol. The van der Waals surface area contributed by atoms with Gasteiger partial charge in [-0.2, -0.15) is 0 Å². The molecular formula is C16H22N2O5S. The molecule has 1 fully saturated rings. The number of anilines is 1. The van der Waals surface area contributed by atoms with Gasteiger partial charge in [-0.3, -0.25) is 9.59 Å². The first-order chi connectivity index (χ1) is 11.4. The van der Waals surface area contributed by atoms with E-state index >= 15 is 0 Å². The number of amides is 2. The summed E-state index contributed by atoms with van der Waals surface area (Å²) in [5.74, 6) is -1.41. The van der Waals surface area contributed by atoms with Crippen molar-refractivity contribution in [1.82, 2.24) is 5.32 Å². The molecule has 0 aromatic heterocycles. The van der Waals surface area contributed by atoms with E-state index in [0.29, 0.717) is 18.7 Å². The zero-order valence-electron chi connectivity index (χ0n) is 13.8. The number of methoxy groups -OCH3 is 1. The molecule has 1 unspecified atom stereocenters. The summed E-state index contributed by atoms with van der Waals surface area (Å²) in [6, 6.07) is 6.00. The first-order valence-electron chi connectivity index (χ1n) is 7.81. The number of nitrogens with one attached hydrogen (secondary N) is 1. The number of hydrogen-bond donors (Lipinski definition) is 1. The van der Waals surface area contributed by atoms with Crippen molar-refractivity contribution in [1.29, 1.82) is 0 Å². The fourth-order valence-corrected chi connectivity index (χ4v) is 4.33. The van der Waals surface area contributed by atoms with E-state index in [0.717, 1.165) is 17.1 Å². The summed E-state index contributed by atoms with van der Waals surface area (Å²) >= 11 is 0. The van der Waals surface area contributed by atoms with Crippen LogP contribution in [0.1, 0.15) is 30.1 Å². The van der Waals surface area contributed by atoms with Crippen molar-refractivity contribution in [2.45, 2.75) is 19.8 Å². The number of benzene rings is 1. The minimum Gasteiger partial charge on any atom is -0.385 e. The molecule has 7 nitrogen and oxygen atoms in total. The Bertz CT molecular complexity index is 700. The van der Waals surface area contributed by atoms with Gasteiger partial charge >= 0.3 is 0 Å². The largest absolute Gasteiger partial charge is 0.385 e. The molecule has 0 saturated carbocycles. The second-order valence-corrected chi connectivity index (χ2v) is 7.65. The number of nitrogens with zero attached hydrogens (tertiary/aromatic N) is 1. The van der Waals surface area contributed by atoms with Crippen LogP contribution in [0, 0.1) is 5.92 Å². The Morgan fingerprint density at radius 2 is 1.96 bits per heavy atom. The Hall–Kier alpha value is -1.93. The molecule has 0 radical (unpaired) electrons. The SMILES string of the molecule is COCCCCNC(=O)c1ccc(N2C(=O)C(C)CS2(=O)=O)cc1. The monoisotopic (exact) mass is 354 g/mol. The molecule has 0 aliphatic carbocycles. The molecule has 24 heavy (non-hydrogen) atoms. The quantitative estimate of drug-likeness (QED) is 0.742. The van der Waals surface area contributed by atoms with Crippen LogP contribution in [0.25, 0.3) is 0 Å². The fraction of sp³-hybridized carbons (Fsp3) is 0.500. The lowest BCUT2D eigenvalue weighted by molar-refractivity contribution is -0.119. The highest BCUT2D eigenvalue weighted by atomic mass is 32.2. The van der Waals surface area contributed by atoms with E-state index in [1.807, 2.05) is 0 Å². The summed E-state index contributed by atoms with van der Waals surface area (Å²) in [7, 11) is -1.99. The van der Waals surface area contributed by atoms with Crippen molar-refractivity contribution in [2.24, 2.45) is 5.92 Å². The van der Waals surface area contributed by atoms with Crippen LogP contribution in [0.2, 0.25) is 0 Å². The van der Waals surface area contributed by atoms with Crippen molar-refractivity contribution >= 4 is 27.5 Å². The molecule has 1 aromatic rings. The van der Waals surface area contributed by atoms with Crippen molar-refractivity contribution in [3.8, 4) is 0 Å². The Morgan fingerprint density at radius 1 is 1.29 bits per heavy atom. The van der Waals surface area contributed by atoms with Crippen LogP contribution in [-0.4, -0.2) is 46.2 Å². The number of carbonyl (C=O) groups is 2. The zero-order chi connectivity index (χ0) is 17.7. The maximum atomic E-state index is 12.0. The van der Waals surface area contributed by atoms with Crippen LogP contribution in [-0.2, 0) is 19.6 Å². The molecule has 1 heterocycles. The Labute approximate surface area is 142 Å². The Morgan fingerprint density at radius 3 is 2.50 bits per heavy atom. The Kier molecular flexibility index (Phi) is 5.95. The van der Waals surface area contributed by atoms with E-state index in [9.17, 15) is 18.0 Å². The van der Waals surface area contributed by atoms with Crippen molar-refractivity contribution in [2.75, 3.05) is 30.3 Å².